The van der Waals surface area contributed by atoms with Crippen molar-refractivity contribution in [3.63, 3.8) is 0 Å². The van der Waals surface area contributed by atoms with Crippen molar-refractivity contribution in [2.45, 2.75) is 49.8 Å². The third-order valence-electron chi connectivity index (χ3n) is 3.75. The molecule has 0 aromatic carbocycles. The SMILES string of the molecule is C/C=C/CC(NC(=O)C1(S(C)(=O)=O)CCCC1)C(=O)O. The van der Waals surface area contributed by atoms with Crippen molar-refractivity contribution in [3.8, 4) is 0 Å². The van der Waals surface area contributed by atoms with E-state index in [1.807, 2.05) is 0 Å². The molecule has 0 aromatic rings. The first-order chi connectivity index (χ1) is 9.24. The molecule has 0 radical (unpaired) electrons. The van der Waals surface area contributed by atoms with Gasteiger partial charge in [-0.15, -0.1) is 0 Å². The van der Waals surface area contributed by atoms with Crippen molar-refractivity contribution < 1.29 is 23.1 Å². The molecule has 1 aliphatic carbocycles. The molecule has 1 rings (SSSR count). The fraction of sp³-hybridized carbons (Fsp3) is 0.692. The molecule has 114 valence electrons. The van der Waals surface area contributed by atoms with E-state index in [2.05, 4.69) is 5.32 Å². The molecular formula is C13H21NO5S. The van der Waals surface area contributed by atoms with E-state index in [1.54, 1.807) is 19.1 Å². The number of allylic oxidation sites excluding steroid dienone is 1. The summed E-state index contributed by atoms with van der Waals surface area (Å²) in [5.74, 6) is -1.85. The lowest BCUT2D eigenvalue weighted by atomic mass is 10.0. The Labute approximate surface area is 119 Å². The van der Waals surface area contributed by atoms with Crippen LogP contribution in [0, 0.1) is 0 Å². The number of carboxylic acids is 1. The van der Waals surface area contributed by atoms with Crippen LogP contribution in [-0.2, 0) is 19.4 Å². The number of hydrogen-bond acceptors (Lipinski definition) is 4. The lowest BCUT2D eigenvalue weighted by Gasteiger charge is -2.27. The van der Waals surface area contributed by atoms with Crippen molar-refractivity contribution in [1.29, 1.82) is 0 Å². The number of amides is 1. The van der Waals surface area contributed by atoms with Crippen LogP contribution < -0.4 is 5.32 Å². The van der Waals surface area contributed by atoms with Crippen LogP contribution in [-0.4, -0.2) is 42.4 Å². The van der Waals surface area contributed by atoms with Gasteiger partial charge in [0.25, 0.3) is 0 Å². The molecule has 1 atom stereocenters. The lowest BCUT2D eigenvalue weighted by molar-refractivity contribution is -0.142. The molecule has 1 fully saturated rings. The summed E-state index contributed by atoms with van der Waals surface area (Å²) < 4.78 is 22.4. The van der Waals surface area contributed by atoms with Gasteiger partial charge in [-0.3, -0.25) is 4.79 Å². The number of sulfone groups is 1. The van der Waals surface area contributed by atoms with Crippen LogP contribution in [0.25, 0.3) is 0 Å². The molecule has 0 saturated heterocycles. The van der Waals surface area contributed by atoms with E-state index in [1.165, 1.54) is 0 Å². The van der Waals surface area contributed by atoms with Gasteiger partial charge in [-0.05, 0) is 26.2 Å². The van der Waals surface area contributed by atoms with Gasteiger partial charge >= 0.3 is 5.97 Å². The molecule has 0 aromatic heterocycles. The molecule has 0 aliphatic heterocycles. The van der Waals surface area contributed by atoms with E-state index in [9.17, 15) is 18.0 Å². The smallest absolute Gasteiger partial charge is 0.326 e. The normalized spacial score (nSPS) is 19.9. The first-order valence-electron chi connectivity index (χ1n) is 6.59. The maximum atomic E-state index is 12.3. The van der Waals surface area contributed by atoms with E-state index < -0.39 is 32.5 Å². The van der Waals surface area contributed by atoms with Crippen LogP contribution in [0.2, 0.25) is 0 Å². The highest BCUT2D eigenvalue weighted by atomic mass is 32.2. The molecule has 20 heavy (non-hydrogen) atoms. The van der Waals surface area contributed by atoms with Gasteiger partial charge in [0.1, 0.15) is 10.8 Å². The Morgan fingerprint density at radius 1 is 1.35 bits per heavy atom. The summed E-state index contributed by atoms with van der Waals surface area (Å²) in [4.78, 5) is 23.4. The Balaban J connectivity index is 2.94. The Morgan fingerprint density at radius 3 is 2.30 bits per heavy atom. The van der Waals surface area contributed by atoms with Crippen LogP contribution in [0.5, 0.6) is 0 Å². The standard InChI is InChI=1S/C13H21NO5S/c1-3-4-7-10(11(15)16)14-12(17)13(20(2,18)19)8-5-6-9-13/h3-4,10H,5-9H2,1-2H3,(H,14,17)(H,15,16)/b4-3+. The summed E-state index contributed by atoms with van der Waals surface area (Å²) >= 11 is 0. The van der Waals surface area contributed by atoms with Gasteiger partial charge in [-0.2, -0.15) is 0 Å². The quantitative estimate of drug-likeness (QED) is 0.709. The highest BCUT2D eigenvalue weighted by molar-refractivity contribution is 7.92. The molecule has 1 aliphatic rings. The Hall–Kier alpha value is -1.37. The zero-order chi connectivity index (χ0) is 15.4. The number of nitrogens with one attached hydrogen (secondary N) is 1. The van der Waals surface area contributed by atoms with Gasteiger partial charge in [0.05, 0.1) is 0 Å². The van der Waals surface area contributed by atoms with E-state index >= 15 is 0 Å². The van der Waals surface area contributed by atoms with Crippen LogP contribution in [0.4, 0.5) is 0 Å². The molecular weight excluding hydrogens is 282 g/mol. The second-order valence-corrected chi connectivity index (χ2v) is 7.47. The molecule has 1 unspecified atom stereocenters. The average Bonchev–Trinajstić information content (AvgIpc) is 2.83. The van der Waals surface area contributed by atoms with E-state index in [0.29, 0.717) is 12.8 Å². The summed E-state index contributed by atoms with van der Waals surface area (Å²) in [6, 6.07) is -1.10. The molecule has 6 nitrogen and oxygen atoms in total. The number of carboxylic acid groups (broad SMARTS) is 1. The highest BCUT2D eigenvalue weighted by Gasteiger charge is 2.50. The lowest BCUT2D eigenvalue weighted by Crippen LogP contribution is -2.54. The van der Waals surface area contributed by atoms with E-state index in [-0.39, 0.29) is 19.3 Å². The van der Waals surface area contributed by atoms with Gasteiger partial charge in [0.15, 0.2) is 9.84 Å². The Morgan fingerprint density at radius 2 is 1.90 bits per heavy atom. The van der Waals surface area contributed by atoms with Crippen molar-refractivity contribution >= 4 is 21.7 Å². The summed E-state index contributed by atoms with van der Waals surface area (Å²) in [6.45, 7) is 1.75. The number of carbonyl (C=O) groups is 2. The Bertz CT molecular complexity index is 503. The second-order valence-electron chi connectivity index (χ2n) is 5.14. The van der Waals surface area contributed by atoms with Crippen LogP contribution in [0.3, 0.4) is 0 Å². The monoisotopic (exact) mass is 303 g/mol. The first kappa shape index (κ1) is 16.7. The third kappa shape index (κ3) is 3.39. The van der Waals surface area contributed by atoms with E-state index in [4.69, 9.17) is 5.11 Å². The summed E-state index contributed by atoms with van der Waals surface area (Å²) in [6.07, 6.45) is 6.32. The summed E-state index contributed by atoms with van der Waals surface area (Å²) in [5.41, 5.74) is 0. The largest absolute Gasteiger partial charge is 0.480 e. The number of hydrogen-bond donors (Lipinski definition) is 2. The minimum absolute atomic E-state index is 0.136. The minimum Gasteiger partial charge on any atom is -0.480 e. The zero-order valence-electron chi connectivity index (χ0n) is 11.8. The van der Waals surface area contributed by atoms with Crippen molar-refractivity contribution in [3.05, 3.63) is 12.2 Å². The minimum atomic E-state index is -3.58. The van der Waals surface area contributed by atoms with Crippen LogP contribution in [0.1, 0.15) is 39.0 Å². The number of carbonyl (C=O) groups excluding carboxylic acids is 1. The topological polar surface area (TPSA) is 101 Å². The molecule has 2 N–H and O–H groups in total. The highest BCUT2D eigenvalue weighted by Crippen LogP contribution is 2.36. The van der Waals surface area contributed by atoms with Gasteiger partial charge < -0.3 is 10.4 Å². The van der Waals surface area contributed by atoms with Crippen molar-refractivity contribution in [1.82, 2.24) is 5.32 Å². The number of aliphatic carboxylic acids is 1. The number of rotatable bonds is 6. The molecule has 1 amide bonds. The van der Waals surface area contributed by atoms with Gasteiger partial charge in [-0.25, -0.2) is 13.2 Å². The third-order valence-corrected chi connectivity index (χ3v) is 5.76. The second kappa shape index (κ2) is 6.39. The molecule has 1 saturated carbocycles. The maximum Gasteiger partial charge on any atom is 0.326 e. The fourth-order valence-corrected chi connectivity index (χ4v) is 3.92. The van der Waals surface area contributed by atoms with Gasteiger partial charge in [0, 0.05) is 6.26 Å². The first-order valence-corrected chi connectivity index (χ1v) is 8.48. The predicted octanol–water partition coefficient (Wildman–Crippen LogP) is 0.879. The molecule has 0 bridgehead atoms. The van der Waals surface area contributed by atoms with E-state index in [0.717, 1.165) is 6.26 Å². The fourth-order valence-electron chi connectivity index (χ4n) is 2.50. The summed E-state index contributed by atoms with van der Waals surface area (Å²) in [5, 5.41) is 11.5. The van der Waals surface area contributed by atoms with Crippen molar-refractivity contribution in [2.24, 2.45) is 0 Å². The van der Waals surface area contributed by atoms with Gasteiger partial charge in [-0.1, -0.05) is 25.0 Å². The van der Waals surface area contributed by atoms with Crippen molar-refractivity contribution in [2.75, 3.05) is 6.26 Å². The molecule has 0 heterocycles. The van der Waals surface area contributed by atoms with Crippen LogP contribution in [0.15, 0.2) is 12.2 Å². The molecule has 0 spiro atoms. The Kier molecular flexibility index (Phi) is 5.33. The summed E-state index contributed by atoms with van der Waals surface area (Å²) in [7, 11) is -3.58. The maximum absolute atomic E-state index is 12.3. The zero-order valence-corrected chi connectivity index (χ0v) is 12.6. The predicted molar refractivity (Wildman–Crippen MR) is 75.0 cm³/mol. The van der Waals surface area contributed by atoms with Gasteiger partial charge in [0.2, 0.25) is 5.91 Å². The molecule has 7 heteroatoms. The average molecular weight is 303 g/mol. The van der Waals surface area contributed by atoms with Crippen LogP contribution >= 0.6 is 0 Å².